The van der Waals surface area contributed by atoms with Crippen molar-refractivity contribution in [1.82, 2.24) is 4.98 Å². The Balaban J connectivity index is 2.02. The van der Waals surface area contributed by atoms with E-state index in [1.165, 1.54) is 0 Å². The number of nitrogens with one attached hydrogen (secondary N) is 2. The second kappa shape index (κ2) is 3.99. The van der Waals surface area contributed by atoms with Crippen molar-refractivity contribution >= 4 is 11.6 Å². The number of fused-ring (bicyclic) bond motifs is 1. The number of carbonyl (C=O) groups excluding carboxylic acids is 1. The van der Waals surface area contributed by atoms with Crippen molar-refractivity contribution in [2.24, 2.45) is 0 Å². The van der Waals surface area contributed by atoms with Gasteiger partial charge in [-0.15, -0.1) is 0 Å². The largest absolute Gasteiger partial charge is 0.392 e. The van der Waals surface area contributed by atoms with Gasteiger partial charge in [-0.3, -0.25) is 4.79 Å². The van der Waals surface area contributed by atoms with E-state index in [0.717, 1.165) is 33.8 Å². The zero-order valence-corrected chi connectivity index (χ0v) is 10.1. The Morgan fingerprint density at radius 1 is 1.33 bits per heavy atom. The maximum Gasteiger partial charge on any atom is 0.228 e. The van der Waals surface area contributed by atoms with E-state index in [1.807, 2.05) is 31.2 Å². The molecule has 0 spiro atoms. The number of H-pyrrole nitrogens is 1. The molecule has 92 valence electrons. The fourth-order valence-corrected chi connectivity index (χ4v) is 2.32. The molecular formula is C14H14N2O2. The summed E-state index contributed by atoms with van der Waals surface area (Å²) in [7, 11) is 0. The number of rotatable bonds is 2. The van der Waals surface area contributed by atoms with Crippen LogP contribution in [0.3, 0.4) is 0 Å². The predicted molar refractivity (Wildman–Crippen MR) is 69.2 cm³/mol. The van der Waals surface area contributed by atoms with Crippen LogP contribution in [0.15, 0.2) is 24.3 Å². The lowest BCUT2D eigenvalue weighted by Gasteiger charge is -2.02. The van der Waals surface area contributed by atoms with Gasteiger partial charge < -0.3 is 15.4 Å². The number of aromatic amines is 1. The van der Waals surface area contributed by atoms with E-state index in [9.17, 15) is 9.90 Å². The first-order chi connectivity index (χ1) is 8.67. The molecule has 18 heavy (non-hydrogen) atoms. The van der Waals surface area contributed by atoms with Crippen molar-refractivity contribution in [2.75, 3.05) is 5.32 Å². The average molecular weight is 242 g/mol. The van der Waals surface area contributed by atoms with Crippen LogP contribution in [0.25, 0.3) is 11.3 Å². The number of amides is 1. The quantitative estimate of drug-likeness (QED) is 0.754. The number of benzene rings is 1. The summed E-state index contributed by atoms with van der Waals surface area (Å²) in [6.07, 6.45) is 0.440. The minimum atomic E-state index is 0.0350. The minimum absolute atomic E-state index is 0.0350. The van der Waals surface area contributed by atoms with Crippen LogP contribution in [0.4, 0.5) is 5.69 Å². The number of aryl methyl sites for hydroxylation is 1. The number of aromatic nitrogens is 1. The van der Waals surface area contributed by atoms with Gasteiger partial charge in [0, 0.05) is 17.1 Å². The highest BCUT2D eigenvalue weighted by Gasteiger charge is 2.18. The Labute approximate surface area is 105 Å². The maximum absolute atomic E-state index is 11.3. The number of carbonyl (C=O) groups is 1. The van der Waals surface area contributed by atoms with E-state index < -0.39 is 0 Å². The molecule has 1 aromatic carbocycles. The fraction of sp³-hybridized carbons (Fsp3) is 0.214. The Bertz CT molecular complexity index is 629. The van der Waals surface area contributed by atoms with Crippen molar-refractivity contribution < 1.29 is 9.90 Å². The van der Waals surface area contributed by atoms with Crippen LogP contribution in [-0.2, 0) is 17.8 Å². The van der Waals surface area contributed by atoms with Gasteiger partial charge in [0.2, 0.25) is 5.91 Å². The minimum Gasteiger partial charge on any atom is -0.392 e. The molecule has 3 N–H and O–H groups in total. The lowest BCUT2D eigenvalue weighted by atomic mass is 10.1. The summed E-state index contributed by atoms with van der Waals surface area (Å²) in [5.41, 5.74) is 5.80. The summed E-state index contributed by atoms with van der Waals surface area (Å²) in [5.74, 6) is 0.0425. The monoisotopic (exact) mass is 242 g/mol. The summed E-state index contributed by atoms with van der Waals surface area (Å²) >= 11 is 0. The molecule has 0 fully saturated rings. The van der Waals surface area contributed by atoms with E-state index in [4.69, 9.17) is 0 Å². The summed E-state index contributed by atoms with van der Waals surface area (Å²) in [5, 5.41) is 12.0. The van der Waals surface area contributed by atoms with Gasteiger partial charge in [0.15, 0.2) is 0 Å². The van der Waals surface area contributed by atoms with Crippen molar-refractivity contribution in [3.63, 3.8) is 0 Å². The van der Waals surface area contributed by atoms with Gasteiger partial charge in [-0.05, 0) is 41.8 Å². The van der Waals surface area contributed by atoms with E-state index >= 15 is 0 Å². The number of hydrogen-bond donors (Lipinski definition) is 3. The summed E-state index contributed by atoms with van der Waals surface area (Å²) < 4.78 is 0. The van der Waals surface area contributed by atoms with Crippen LogP contribution >= 0.6 is 0 Å². The maximum atomic E-state index is 11.3. The van der Waals surface area contributed by atoms with Gasteiger partial charge in [-0.25, -0.2) is 0 Å². The molecule has 0 atom stereocenters. The molecule has 0 saturated heterocycles. The first-order valence-electron chi connectivity index (χ1n) is 5.90. The molecule has 3 rings (SSSR count). The number of hydrogen-bond acceptors (Lipinski definition) is 2. The molecule has 0 saturated carbocycles. The third kappa shape index (κ3) is 1.71. The van der Waals surface area contributed by atoms with Crippen molar-refractivity contribution in [3.8, 4) is 11.3 Å². The molecule has 0 bridgehead atoms. The van der Waals surface area contributed by atoms with Crippen LogP contribution in [0, 0.1) is 6.92 Å². The SMILES string of the molecule is Cc1[nH]c(-c2ccc3c(c2)CC(=O)N3)cc1CO. The number of aliphatic hydroxyl groups is 1. The third-order valence-corrected chi connectivity index (χ3v) is 3.33. The normalized spacial score (nSPS) is 13.6. The summed E-state index contributed by atoms with van der Waals surface area (Å²) in [6, 6.07) is 7.85. The Kier molecular flexibility index (Phi) is 2.45. The van der Waals surface area contributed by atoms with Crippen LogP contribution in [0.5, 0.6) is 0 Å². The van der Waals surface area contributed by atoms with Gasteiger partial charge in [0.25, 0.3) is 0 Å². The molecule has 1 aliphatic heterocycles. The van der Waals surface area contributed by atoms with E-state index in [0.29, 0.717) is 6.42 Å². The Morgan fingerprint density at radius 2 is 2.17 bits per heavy atom. The molecule has 4 nitrogen and oxygen atoms in total. The zero-order valence-electron chi connectivity index (χ0n) is 10.1. The van der Waals surface area contributed by atoms with Gasteiger partial charge in [0.1, 0.15) is 0 Å². The number of anilines is 1. The molecule has 1 amide bonds. The lowest BCUT2D eigenvalue weighted by Crippen LogP contribution is -2.03. The average Bonchev–Trinajstić information content (AvgIpc) is 2.89. The second-order valence-corrected chi connectivity index (χ2v) is 4.59. The molecule has 1 aromatic heterocycles. The molecule has 0 radical (unpaired) electrons. The van der Waals surface area contributed by atoms with E-state index in [-0.39, 0.29) is 12.5 Å². The molecular weight excluding hydrogens is 228 g/mol. The lowest BCUT2D eigenvalue weighted by molar-refractivity contribution is -0.115. The first kappa shape index (κ1) is 11.0. The smallest absolute Gasteiger partial charge is 0.228 e. The molecule has 2 aromatic rings. The molecule has 2 heterocycles. The zero-order chi connectivity index (χ0) is 12.7. The highest BCUT2D eigenvalue weighted by molar-refractivity contribution is 5.99. The van der Waals surface area contributed by atoms with Gasteiger partial charge in [0.05, 0.1) is 13.0 Å². The van der Waals surface area contributed by atoms with Gasteiger partial charge in [-0.2, -0.15) is 0 Å². The Morgan fingerprint density at radius 3 is 2.89 bits per heavy atom. The Hall–Kier alpha value is -2.07. The summed E-state index contributed by atoms with van der Waals surface area (Å²) in [6.45, 7) is 1.97. The fourth-order valence-electron chi connectivity index (χ4n) is 2.32. The first-order valence-corrected chi connectivity index (χ1v) is 5.90. The van der Waals surface area contributed by atoms with Crippen molar-refractivity contribution in [2.45, 2.75) is 20.0 Å². The molecule has 0 aliphatic carbocycles. The second-order valence-electron chi connectivity index (χ2n) is 4.59. The van der Waals surface area contributed by atoms with Crippen molar-refractivity contribution in [1.29, 1.82) is 0 Å². The van der Waals surface area contributed by atoms with E-state index in [2.05, 4.69) is 10.3 Å². The molecule has 4 heteroatoms. The molecule has 1 aliphatic rings. The summed E-state index contributed by atoms with van der Waals surface area (Å²) in [4.78, 5) is 14.5. The highest BCUT2D eigenvalue weighted by atomic mass is 16.3. The van der Waals surface area contributed by atoms with Gasteiger partial charge in [-0.1, -0.05) is 6.07 Å². The molecule has 0 unspecified atom stereocenters. The van der Waals surface area contributed by atoms with E-state index in [1.54, 1.807) is 0 Å². The standard InChI is InChI=1S/C14H14N2O2/c1-8-11(7-17)5-13(15-8)9-2-3-12-10(4-9)6-14(18)16-12/h2-5,15,17H,6-7H2,1H3,(H,16,18). The third-order valence-electron chi connectivity index (χ3n) is 3.33. The van der Waals surface area contributed by atoms with Crippen LogP contribution < -0.4 is 5.32 Å². The number of aliphatic hydroxyl groups excluding tert-OH is 1. The van der Waals surface area contributed by atoms with Crippen LogP contribution in [0.1, 0.15) is 16.8 Å². The van der Waals surface area contributed by atoms with Crippen LogP contribution in [0.2, 0.25) is 0 Å². The van der Waals surface area contributed by atoms with Crippen molar-refractivity contribution in [3.05, 3.63) is 41.1 Å². The highest BCUT2D eigenvalue weighted by Crippen LogP contribution is 2.29. The predicted octanol–water partition coefficient (Wildman–Crippen LogP) is 1.98. The van der Waals surface area contributed by atoms with Gasteiger partial charge >= 0.3 is 0 Å². The van der Waals surface area contributed by atoms with Crippen LogP contribution in [-0.4, -0.2) is 16.0 Å². The topological polar surface area (TPSA) is 65.1 Å².